The molecule has 0 spiro atoms. The molecule has 1 aromatic heterocycles. The monoisotopic (exact) mass is 229 g/mol. The molecule has 0 fully saturated rings. The predicted molar refractivity (Wildman–Crippen MR) is 61.2 cm³/mol. The summed E-state index contributed by atoms with van der Waals surface area (Å²) in [6.45, 7) is 2.40. The van der Waals surface area contributed by atoms with Crippen LogP contribution < -0.4 is 0 Å². The van der Waals surface area contributed by atoms with Gasteiger partial charge in [-0.15, -0.1) is 0 Å². The Balaban J connectivity index is 0. The molecule has 0 radical (unpaired) electrons. The van der Waals surface area contributed by atoms with Crippen molar-refractivity contribution in [1.82, 2.24) is 4.98 Å². The van der Waals surface area contributed by atoms with E-state index in [9.17, 15) is 4.79 Å². The van der Waals surface area contributed by atoms with Crippen LogP contribution >= 0.6 is 0 Å². The predicted octanol–water partition coefficient (Wildman–Crippen LogP) is 0.663. The number of carboxylic acid groups (broad SMARTS) is 1. The number of carbonyl (C=O) groups is 1. The van der Waals surface area contributed by atoms with Crippen LogP contribution in [0.2, 0.25) is 0 Å². The first-order valence-corrected chi connectivity index (χ1v) is 4.93. The van der Waals surface area contributed by atoms with E-state index in [-0.39, 0.29) is 11.9 Å². The maximum absolute atomic E-state index is 10.1. The highest BCUT2D eigenvalue weighted by Gasteiger charge is 1.98. The summed E-state index contributed by atoms with van der Waals surface area (Å²) in [5, 5.41) is 16.4. The molecule has 0 bridgehead atoms. The molecule has 0 aliphatic heterocycles. The third-order valence-corrected chi connectivity index (χ3v) is 1.57. The van der Waals surface area contributed by atoms with Crippen molar-refractivity contribution in [2.75, 3.05) is 6.61 Å². The van der Waals surface area contributed by atoms with Gasteiger partial charge >= 0.3 is 5.97 Å². The summed E-state index contributed by atoms with van der Waals surface area (Å²) >= 11 is 0. The van der Waals surface area contributed by atoms with Crippen molar-refractivity contribution in [3.05, 3.63) is 30.1 Å². The number of nitrogens with zero attached hydrogens (tertiary/aromatic N) is 1. The number of aliphatic carboxylic acids is 1. The largest absolute Gasteiger partial charge is 0.481 e. The van der Waals surface area contributed by atoms with E-state index in [1.54, 1.807) is 24.4 Å². The summed E-state index contributed by atoms with van der Waals surface area (Å²) in [6, 6.07) is 5.21. The molecule has 0 aliphatic rings. The molecule has 0 atom stereocenters. The fourth-order valence-electron chi connectivity index (χ4n) is 0.816. The van der Waals surface area contributed by atoms with Gasteiger partial charge in [0.1, 0.15) is 0 Å². The zero-order valence-corrected chi connectivity index (χ0v) is 9.39. The quantitative estimate of drug-likeness (QED) is 0.791. The van der Waals surface area contributed by atoms with Gasteiger partial charge in [-0.25, -0.2) is 0 Å². The minimum atomic E-state index is -0.848. The van der Waals surface area contributed by atoms with Crippen molar-refractivity contribution in [2.24, 2.45) is 0 Å². The number of carboxylic acids is 1. The summed E-state index contributed by atoms with van der Waals surface area (Å²) < 4.78 is 0. The average molecular weight is 229 g/mol. The first-order valence-electron chi connectivity index (χ1n) is 4.93. The van der Waals surface area contributed by atoms with E-state index in [1.165, 1.54) is 0 Å². The highest BCUT2D eigenvalue weighted by atomic mass is 16.4. The molecule has 1 heterocycles. The van der Waals surface area contributed by atoms with Gasteiger partial charge in [-0.05, 0) is 18.6 Å². The Morgan fingerprint density at radius 3 is 2.44 bits per heavy atom. The molecule has 0 saturated heterocycles. The standard InChI is InChI=1S/C7H7NO2.C4H10O.H2O/c9-7(10)5-6-3-1-2-4-8-6;1-2-3-4-5;/h1-4H,5H2,(H,9,10);5H,2-4H2,1H3;1H2. The zero-order valence-electron chi connectivity index (χ0n) is 9.39. The minimum Gasteiger partial charge on any atom is -0.481 e. The number of pyridine rings is 1. The number of unbranched alkanes of at least 4 members (excludes halogenated alkanes) is 1. The second-order valence-corrected chi connectivity index (χ2v) is 2.97. The summed E-state index contributed by atoms with van der Waals surface area (Å²) in [7, 11) is 0. The lowest BCUT2D eigenvalue weighted by Gasteiger charge is -1.91. The summed E-state index contributed by atoms with van der Waals surface area (Å²) in [4.78, 5) is 14.0. The zero-order chi connectivity index (χ0) is 11.5. The second kappa shape index (κ2) is 11.6. The van der Waals surface area contributed by atoms with Crippen molar-refractivity contribution < 1.29 is 20.5 Å². The molecule has 0 aromatic carbocycles. The van der Waals surface area contributed by atoms with Crippen LogP contribution in [0.15, 0.2) is 24.4 Å². The van der Waals surface area contributed by atoms with E-state index in [0.29, 0.717) is 12.3 Å². The van der Waals surface area contributed by atoms with Crippen LogP contribution in [-0.2, 0) is 11.2 Å². The second-order valence-electron chi connectivity index (χ2n) is 2.97. The highest BCUT2D eigenvalue weighted by molar-refractivity contribution is 5.69. The van der Waals surface area contributed by atoms with Crippen LogP contribution in [0.3, 0.4) is 0 Å². The topological polar surface area (TPSA) is 102 Å². The van der Waals surface area contributed by atoms with Crippen LogP contribution in [0.1, 0.15) is 25.5 Å². The lowest BCUT2D eigenvalue weighted by atomic mass is 10.3. The maximum Gasteiger partial charge on any atom is 0.309 e. The summed E-state index contributed by atoms with van der Waals surface area (Å²) in [5.41, 5.74) is 0.593. The van der Waals surface area contributed by atoms with Crippen molar-refractivity contribution in [2.45, 2.75) is 26.2 Å². The SMILES string of the molecule is CCCCO.O.O=C(O)Cc1ccccn1. The van der Waals surface area contributed by atoms with Crippen molar-refractivity contribution in [1.29, 1.82) is 0 Å². The smallest absolute Gasteiger partial charge is 0.309 e. The van der Waals surface area contributed by atoms with Gasteiger partial charge in [0.15, 0.2) is 0 Å². The van der Waals surface area contributed by atoms with Crippen LogP contribution in [0.5, 0.6) is 0 Å². The Labute approximate surface area is 95.1 Å². The number of hydrogen-bond acceptors (Lipinski definition) is 3. The molecule has 0 saturated carbocycles. The first kappa shape index (κ1) is 17.0. The number of rotatable bonds is 4. The Bertz CT molecular complexity index is 262. The van der Waals surface area contributed by atoms with Crippen LogP contribution in [0, 0.1) is 0 Å². The number of aliphatic hydroxyl groups excluding tert-OH is 1. The molecule has 0 aliphatic carbocycles. The van der Waals surface area contributed by atoms with Crippen LogP contribution in [0.25, 0.3) is 0 Å². The van der Waals surface area contributed by atoms with Crippen molar-refractivity contribution >= 4 is 5.97 Å². The third-order valence-electron chi connectivity index (χ3n) is 1.57. The minimum absolute atomic E-state index is 0. The highest BCUT2D eigenvalue weighted by Crippen LogP contribution is 1.93. The average Bonchev–Trinajstić information content (AvgIpc) is 2.20. The normalized spacial score (nSPS) is 8.38. The van der Waals surface area contributed by atoms with Gasteiger partial charge in [0, 0.05) is 12.8 Å². The molecule has 0 unspecified atom stereocenters. The van der Waals surface area contributed by atoms with Gasteiger partial charge < -0.3 is 15.7 Å². The van der Waals surface area contributed by atoms with Crippen LogP contribution in [-0.4, -0.2) is 33.2 Å². The fraction of sp³-hybridized carbons (Fsp3) is 0.455. The van der Waals surface area contributed by atoms with E-state index in [1.807, 2.05) is 0 Å². The van der Waals surface area contributed by atoms with Crippen molar-refractivity contribution in [3.63, 3.8) is 0 Å². The van der Waals surface area contributed by atoms with Gasteiger partial charge in [0.25, 0.3) is 0 Å². The molecule has 1 rings (SSSR count). The molecular formula is C11H19NO4. The number of hydrogen-bond donors (Lipinski definition) is 2. The molecule has 5 nitrogen and oxygen atoms in total. The molecule has 0 amide bonds. The number of aromatic nitrogens is 1. The van der Waals surface area contributed by atoms with Gasteiger partial charge in [-0.3, -0.25) is 9.78 Å². The van der Waals surface area contributed by atoms with Gasteiger partial charge in [0.05, 0.1) is 12.1 Å². The lowest BCUT2D eigenvalue weighted by molar-refractivity contribution is -0.136. The maximum atomic E-state index is 10.1. The molecule has 4 N–H and O–H groups in total. The van der Waals surface area contributed by atoms with E-state index in [2.05, 4.69) is 11.9 Å². The number of aliphatic hydroxyl groups is 1. The Morgan fingerprint density at radius 2 is 2.12 bits per heavy atom. The van der Waals surface area contributed by atoms with Gasteiger partial charge in [-0.1, -0.05) is 19.4 Å². The Kier molecular flexibility index (Phi) is 12.3. The van der Waals surface area contributed by atoms with Crippen LogP contribution in [0.4, 0.5) is 0 Å². The molecular weight excluding hydrogens is 210 g/mol. The van der Waals surface area contributed by atoms with E-state index in [4.69, 9.17) is 10.2 Å². The van der Waals surface area contributed by atoms with Gasteiger partial charge in [0.2, 0.25) is 0 Å². The fourth-order valence-corrected chi connectivity index (χ4v) is 0.816. The summed E-state index contributed by atoms with van der Waals surface area (Å²) in [6.07, 6.45) is 3.62. The first-order chi connectivity index (χ1) is 7.20. The molecule has 92 valence electrons. The lowest BCUT2D eigenvalue weighted by Crippen LogP contribution is -2.01. The summed E-state index contributed by atoms with van der Waals surface area (Å²) in [5.74, 6) is -0.848. The van der Waals surface area contributed by atoms with E-state index >= 15 is 0 Å². The molecule has 5 heteroatoms. The van der Waals surface area contributed by atoms with E-state index < -0.39 is 5.97 Å². The molecule has 16 heavy (non-hydrogen) atoms. The third kappa shape index (κ3) is 10.6. The van der Waals surface area contributed by atoms with Crippen molar-refractivity contribution in [3.8, 4) is 0 Å². The van der Waals surface area contributed by atoms with Gasteiger partial charge in [-0.2, -0.15) is 0 Å². The Morgan fingerprint density at radius 1 is 1.44 bits per heavy atom. The van der Waals surface area contributed by atoms with E-state index in [0.717, 1.165) is 12.8 Å². The molecule has 1 aromatic rings. The Hall–Kier alpha value is -1.46.